The largest absolute Gasteiger partial charge is 0.228 e. The summed E-state index contributed by atoms with van der Waals surface area (Å²) in [5, 5.41) is 0. The molecule has 2 unspecified atom stereocenters. The van der Waals surface area contributed by atoms with Crippen LogP contribution in [0.25, 0.3) is 56.2 Å². The molecule has 12 rings (SSSR count). The number of hydrogen-bond donors (Lipinski definition) is 0. The van der Waals surface area contributed by atoms with Crippen LogP contribution in [0.4, 0.5) is 0 Å². The Morgan fingerprint density at radius 3 is 1.39 bits per heavy atom. The first-order valence-corrected chi connectivity index (χ1v) is 19.4. The molecule has 1 spiro atoms. The van der Waals surface area contributed by atoms with Crippen molar-refractivity contribution in [2.75, 3.05) is 0 Å². The van der Waals surface area contributed by atoms with Gasteiger partial charge in [0.2, 0.25) is 0 Å². The van der Waals surface area contributed by atoms with Crippen LogP contribution in [0.1, 0.15) is 44.5 Å². The molecule has 8 aromatic carbocycles. The second-order valence-corrected chi connectivity index (χ2v) is 15.2. The van der Waals surface area contributed by atoms with Gasteiger partial charge in [-0.05, 0) is 78.9 Å². The highest BCUT2D eigenvalue weighted by Crippen LogP contribution is 2.68. The molecular weight excluding hydrogens is 677 g/mol. The highest BCUT2D eigenvalue weighted by atomic mass is 14.9. The molecule has 3 aliphatic rings. The van der Waals surface area contributed by atoms with Crippen LogP contribution < -0.4 is 0 Å². The topological polar surface area (TPSA) is 25.8 Å². The van der Waals surface area contributed by atoms with Crippen molar-refractivity contribution in [1.82, 2.24) is 9.97 Å². The molecule has 0 aliphatic heterocycles. The second kappa shape index (κ2) is 11.7. The van der Waals surface area contributed by atoms with Crippen LogP contribution in [0.2, 0.25) is 0 Å². The van der Waals surface area contributed by atoms with E-state index in [0.29, 0.717) is 0 Å². The Labute approximate surface area is 326 Å². The summed E-state index contributed by atoms with van der Waals surface area (Å²) in [6.45, 7) is 0. The zero-order valence-corrected chi connectivity index (χ0v) is 30.5. The second-order valence-electron chi connectivity index (χ2n) is 15.2. The Hall–Kier alpha value is -7.16. The van der Waals surface area contributed by atoms with Crippen LogP contribution in [-0.4, -0.2) is 9.97 Å². The first-order valence-electron chi connectivity index (χ1n) is 19.4. The van der Waals surface area contributed by atoms with E-state index in [2.05, 4.69) is 194 Å². The predicted molar refractivity (Wildman–Crippen MR) is 227 cm³/mol. The van der Waals surface area contributed by atoms with Crippen LogP contribution >= 0.6 is 0 Å². The molecule has 9 aromatic rings. The minimum Gasteiger partial charge on any atom is -0.228 e. The van der Waals surface area contributed by atoms with E-state index in [9.17, 15) is 0 Å². The first kappa shape index (κ1) is 31.2. The fraction of sp³-hybridized carbons (Fsp3) is 0.0370. The molecule has 2 heteroatoms. The fourth-order valence-electron chi connectivity index (χ4n) is 10.5. The first-order chi connectivity index (χ1) is 27.8. The molecule has 0 bridgehead atoms. The molecule has 0 fully saturated rings. The van der Waals surface area contributed by atoms with Crippen molar-refractivity contribution < 1.29 is 0 Å². The normalized spacial score (nSPS) is 17.8. The minimum atomic E-state index is -0.533. The molecule has 1 heterocycles. The number of rotatable bonds is 4. The van der Waals surface area contributed by atoms with Crippen LogP contribution in [0.3, 0.4) is 0 Å². The van der Waals surface area contributed by atoms with Gasteiger partial charge in [0.15, 0.2) is 5.82 Å². The third kappa shape index (κ3) is 4.00. The SMILES string of the molecule is c1ccc(-c2cc(-c3ccccc3)nc(-c3ccc4c(c3)-c3ccccc3C43c4ccccc4C4(c5ccccc5)c5ccccc5-c5cccc3c54)n2)cc1. The summed E-state index contributed by atoms with van der Waals surface area (Å²) in [5.74, 6) is 0.717. The lowest BCUT2D eigenvalue weighted by Gasteiger charge is -2.48. The molecule has 0 saturated heterocycles. The molecule has 2 atom stereocenters. The summed E-state index contributed by atoms with van der Waals surface area (Å²) in [6, 6.07) is 75.6. The third-order valence-corrected chi connectivity index (χ3v) is 12.6. The van der Waals surface area contributed by atoms with Crippen LogP contribution in [0.15, 0.2) is 206 Å². The molecule has 0 N–H and O–H groups in total. The van der Waals surface area contributed by atoms with Crippen molar-refractivity contribution >= 4 is 0 Å². The van der Waals surface area contributed by atoms with Crippen molar-refractivity contribution in [1.29, 1.82) is 0 Å². The molecule has 0 amide bonds. The Kier molecular flexibility index (Phi) is 6.50. The summed E-state index contributed by atoms with van der Waals surface area (Å²) in [4.78, 5) is 10.5. The van der Waals surface area contributed by atoms with E-state index in [0.717, 1.165) is 33.9 Å². The van der Waals surface area contributed by atoms with E-state index in [1.807, 2.05) is 12.1 Å². The maximum atomic E-state index is 5.24. The number of hydrogen-bond acceptors (Lipinski definition) is 2. The van der Waals surface area contributed by atoms with Crippen LogP contribution in [0, 0.1) is 0 Å². The Bertz CT molecular complexity index is 2970. The van der Waals surface area contributed by atoms with E-state index in [-0.39, 0.29) is 0 Å². The standard InChI is InChI=1S/C54H34N2/c1-4-17-35(18-5-1)49-34-50(36-19-6-2-7-20-36)56-52(55-49)37-31-32-45-42(33-37)40-24-11-13-27-44(40)54(45)47-29-15-14-28-46(47)53(38-21-8-3-9-22-38)43-26-12-10-23-39(43)41-25-16-30-48(54)51(41)53/h1-34H. The lowest BCUT2D eigenvalue weighted by Crippen LogP contribution is -2.43. The zero-order valence-electron chi connectivity index (χ0n) is 30.5. The average molecular weight is 711 g/mol. The average Bonchev–Trinajstić information content (AvgIpc) is 3.75. The molecule has 1 aromatic heterocycles. The molecule has 260 valence electrons. The monoisotopic (exact) mass is 710 g/mol. The van der Waals surface area contributed by atoms with Gasteiger partial charge in [-0.1, -0.05) is 194 Å². The Morgan fingerprint density at radius 1 is 0.286 bits per heavy atom. The van der Waals surface area contributed by atoms with Gasteiger partial charge < -0.3 is 0 Å². The van der Waals surface area contributed by atoms with Gasteiger partial charge in [-0.15, -0.1) is 0 Å². The van der Waals surface area contributed by atoms with Crippen molar-refractivity contribution in [3.05, 3.63) is 251 Å². The van der Waals surface area contributed by atoms with Gasteiger partial charge in [0.1, 0.15) is 0 Å². The van der Waals surface area contributed by atoms with Gasteiger partial charge in [0.25, 0.3) is 0 Å². The highest BCUT2D eigenvalue weighted by Gasteiger charge is 2.59. The van der Waals surface area contributed by atoms with Crippen molar-refractivity contribution in [3.63, 3.8) is 0 Å². The number of nitrogens with zero attached hydrogens (tertiary/aromatic N) is 2. The summed E-state index contributed by atoms with van der Waals surface area (Å²) in [6.07, 6.45) is 0. The van der Waals surface area contributed by atoms with Gasteiger partial charge in [-0.3, -0.25) is 0 Å². The van der Waals surface area contributed by atoms with Crippen molar-refractivity contribution in [3.8, 4) is 56.2 Å². The number of aromatic nitrogens is 2. The molecule has 0 radical (unpaired) electrons. The summed E-state index contributed by atoms with van der Waals surface area (Å²) >= 11 is 0. The lowest BCUT2D eigenvalue weighted by atomic mass is 9.52. The van der Waals surface area contributed by atoms with Crippen molar-refractivity contribution in [2.24, 2.45) is 0 Å². The molecular formula is C54H34N2. The van der Waals surface area contributed by atoms with Crippen LogP contribution in [-0.2, 0) is 10.8 Å². The summed E-state index contributed by atoms with van der Waals surface area (Å²) in [7, 11) is 0. The maximum Gasteiger partial charge on any atom is 0.160 e. The third-order valence-electron chi connectivity index (χ3n) is 12.6. The predicted octanol–water partition coefficient (Wildman–Crippen LogP) is 12.5. The summed E-state index contributed by atoms with van der Waals surface area (Å²) in [5.41, 5.74) is 19.7. The molecule has 3 aliphatic carbocycles. The Morgan fingerprint density at radius 2 is 0.750 bits per heavy atom. The van der Waals surface area contributed by atoms with Gasteiger partial charge in [-0.25, -0.2) is 9.97 Å². The van der Waals surface area contributed by atoms with E-state index in [1.54, 1.807) is 0 Å². The van der Waals surface area contributed by atoms with E-state index >= 15 is 0 Å². The molecule has 2 nitrogen and oxygen atoms in total. The van der Waals surface area contributed by atoms with Gasteiger partial charge in [0, 0.05) is 16.7 Å². The smallest absolute Gasteiger partial charge is 0.160 e. The van der Waals surface area contributed by atoms with Gasteiger partial charge in [-0.2, -0.15) is 0 Å². The molecule has 0 saturated carbocycles. The van der Waals surface area contributed by atoms with Gasteiger partial charge >= 0.3 is 0 Å². The maximum absolute atomic E-state index is 5.24. The molecule has 56 heavy (non-hydrogen) atoms. The highest BCUT2D eigenvalue weighted by molar-refractivity contribution is 5.96. The van der Waals surface area contributed by atoms with Gasteiger partial charge in [0.05, 0.1) is 22.2 Å². The quantitative estimate of drug-likeness (QED) is 0.182. The fourth-order valence-corrected chi connectivity index (χ4v) is 10.5. The lowest BCUT2D eigenvalue weighted by molar-refractivity contribution is 0.636. The minimum absolute atomic E-state index is 0.456. The van der Waals surface area contributed by atoms with Crippen LogP contribution in [0.5, 0.6) is 0 Å². The van der Waals surface area contributed by atoms with E-state index in [4.69, 9.17) is 9.97 Å². The Balaban J connectivity index is 1.15. The summed E-state index contributed by atoms with van der Waals surface area (Å²) < 4.78 is 0. The van der Waals surface area contributed by atoms with E-state index in [1.165, 1.54) is 66.8 Å². The zero-order chi connectivity index (χ0) is 36.8. The number of benzene rings is 8. The van der Waals surface area contributed by atoms with Crippen molar-refractivity contribution in [2.45, 2.75) is 10.8 Å². The van der Waals surface area contributed by atoms with E-state index < -0.39 is 10.8 Å². The number of fused-ring (bicyclic) bond motifs is 12.